The minimum Gasteiger partial charge on any atom is -0.411 e. The fourth-order valence-corrected chi connectivity index (χ4v) is 4.66. The second-order valence-electron chi connectivity index (χ2n) is 5.76. The van der Waals surface area contributed by atoms with Crippen LogP contribution in [-0.4, -0.2) is 40.7 Å². The van der Waals surface area contributed by atoms with Crippen LogP contribution >= 0.6 is 11.8 Å². The number of nitrogens with zero attached hydrogens (tertiary/aromatic N) is 2. The molecule has 1 aromatic rings. The third kappa shape index (κ3) is 2.86. The molecule has 108 valence electrons. The number of hydrogen-bond acceptors (Lipinski definition) is 4. The topological polar surface area (TPSA) is 35.8 Å². The van der Waals surface area contributed by atoms with Crippen molar-refractivity contribution in [3.8, 4) is 0 Å². The molecule has 1 saturated heterocycles. The highest BCUT2D eigenvalue weighted by atomic mass is 32.2. The van der Waals surface area contributed by atoms with Crippen LogP contribution in [0.15, 0.2) is 34.3 Å². The predicted octanol–water partition coefficient (Wildman–Crippen LogP) is 3.27. The van der Waals surface area contributed by atoms with Crippen LogP contribution < -0.4 is 0 Å². The van der Waals surface area contributed by atoms with E-state index in [9.17, 15) is 0 Å². The molecule has 0 bridgehead atoms. The van der Waals surface area contributed by atoms with Gasteiger partial charge in [-0.3, -0.25) is 0 Å². The summed E-state index contributed by atoms with van der Waals surface area (Å²) < 4.78 is 0. The summed E-state index contributed by atoms with van der Waals surface area (Å²) in [6.07, 6.45) is 3.17. The van der Waals surface area contributed by atoms with Gasteiger partial charge in [0.1, 0.15) is 0 Å². The summed E-state index contributed by atoms with van der Waals surface area (Å²) in [6.45, 7) is 5.40. The first kappa shape index (κ1) is 14.0. The molecular weight excluding hydrogens is 268 g/mol. The van der Waals surface area contributed by atoms with Gasteiger partial charge < -0.3 is 10.1 Å². The number of fused-ring (bicyclic) bond motifs is 1. The minimum atomic E-state index is 0.433. The first-order valence-corrected chi connectivity index (χ1v) is 8.36. The molecule has 2 aliphatic heterocycles. The second kappa shape index (κ2) is 6.19. The Balaban J connectivity index is 1.58. The summed E-state index contributed by atoms with van der Waals surface area (Å²) in [5, 5.41) is 13.2. The third-order valence-corrected chi connectivity index (χ3v) is 5.73. The first-order chi connectivity index (χ1) is 9.80. The van der Waals surface area contributed by atoms with Gasteiger partial charge in [0.25, 0.3) is 0 Å². The standard InChI is InChI=1S/C16H22N2OS/c1-2-12-10-18(8-7-15(12)17-19)11-14-9-13-5-3-4-6-16(13)20-14/h3-6,12,14,19H,2,7-11H2,1H3/b17-15+. The number of rotatable bonds is 3. The number of hydrogen-bond donors (Lipinski definition) is 1. The summed E-state index contributed by atoms with van der Waals surface area (Å²) in [4.78, 5) is 4.01. The molecule has 0 radical (unpaired) electrons. The minimum absolute atomic E-state index is 0.433. The predicted molar refractivity (Wildman–Crippen MR) is 83.9 cm³/mol. The Morgan fingerprint density at radius 3 is 3.00 bits per heavy atom. The zero-order chi connectivity index (χ0) is 13.9. The molecule has 1 N–H and O–H groups in total. The van der Waals surface area contributed by atoms with Crippen molar-refractivity contribution in [1.82, 2.24) is 4.90 Å². The lowest BCUT2D eigenvalue weighted by Crippen LogP contribution is -2.43. The van der Waals surface area contributed by atoms with Crippen molar-refractivity contribution in [2.45, 2.75) is 36.3 Å². The average Bonchev–Trinajstić information content (AvgIpc) is 2.89. The van der Waals surface area contributed by atoms with Gasteiger partial charge in [-0.2, -0.15) is 0 Å². The highest BCUT2D eigenvalue weighted by Gasteiger charge is 2.29. The lowest BCUT2D eigenvalue weighted by Gasteiger charge is -2.34. The quantitative estimate of drug-likeness (QED) is 0.685. The molecule has 1 aromatic carbocycles. The summed E-state index contributed by atoms with van der Waals surface area (Å²) >= 11 is 2.02. The maximum Gasteiger partial charge on any atom is 0.0627 e. The Morgan fingerprint density at radius 2 is 2.25 bits per heavy atom. The van der Waals surface area contributed by atoms with Crippen LogP contribution in [0.25, 0.3) is 0 Å². The Kier molecular flexibility index (Phi) is 4.32. The molecule has 2 atom stereocenters. The molecule has 3 nitrogen and oxygen atoms in total. The van der Waals surface area contributed by atoms with Gasteiger partial charge in [-0.25, -0.2) is 0 Å². The van der Waals surface area contributed by atoms with Gasteiger partial charge in [0.15, 0.2) is 0 Å². The fraction of sp³-hybridized carbons (Fsp3) is 0.562. The monoisotopic (exact) mass is 290 g/mol. The Morgan fingerprint density at radius 1 is 1.40 bits per heavy atom. The van der Waals surface area contributed by atoms with Gasteiger partial charge >= 0.3 is 0 Å². The molecule has 20 heavy (non-hydrogen) atoms. The van der Waals surface area contributed by atoms with Crippen molar-refractivity contribution >= 4 is 17.5 Å². The van der Waals surface area contributed by atoms with E-state index in [4.69, 9.17) is 5.21 Å². The number of oxime groups is 1. The Labute approximate surface area is 125 Å². The van der Waals surface area contributed by atoms with Gasteiger partial charge in [-0.1, -0.05) is 30.3 Å². The number of likely N-dealkylation sites (tertiary alicyclic amines) is 1. The van der Waals surface area contributed by atoms with E-state index in [-0.39, 0.29) is 0 Å². The van der Waals surface area contributed by atoms with Crippen LogP contribution in [0.4, 0.5) is 0 Å². The van der Waals surface area contributed by atoms with Crippen LogP contribution in [0.5, 0.6) is 0 Å². The smallest absolute Gasteiger partial charge is 0.0627 e. The normalized spacial score (nSPS) is 28.8. The van der Waals surface area contributed by atoms with Crippen LogP contribution in [0, 0.1) is 5.92 Å². The molecule has 4 heteroatoms. The third-order valence-electron chi connectivity index (χ3n) is 4.43. The van der Waals surface area contributed by atoms with E-state index in [1.165, 1.54) is 16.9 Å². The molecule has 2 unspecified atom stereocenters. The Bertz CT molecular complexity index is 478. The van der Waals surface area contributed by atoms with Gasteiger partial charge in [0.2, 0.25) is 0 Å². The van der Waals surface area contributed by atoms with Gasteiger partial charge in [-0.15, -0.1) is 11.8 Å². The number of thioether (sulfide) groups is 1. The van der Waals surface area contributed by atoms with E-state index < -0.39 is 0 Å². The number of benzene rings is 1. The van der Waals surface area contributed by atoms with E-state index in [1.54, 1.807) is 0 Å². The largest absolute Gasteiger partial charge is 0.411 e. The molecule has 2 heterocycles. The van der Waals surface area contributed by atoms with Crippen molar-refractivity contribution in [3.63, 3.8) is 0 Å². The summed E-state index contributed by atoms with van der Waals surface area (Å²) in [7, 11) is 0. The first-order valence-electron chi connectivity index (χ1n) is 7.48. The maximum atomic E-state index is 9.05. The highest BCUT2D eigenvalue weighted by molar-refractivity contribution is 8.00. The highest BCUT2D eigenvalue weighted by Crippen LogP contribution is 2.37. The zero-order valence-electron chi connectivity index (χ0n) is 12.0. The molecule has 0 saturated carbocycles. The van der Waals surface area contributed by atoms with E-state index in [1.807, 2.05) is 11.8 Å². The van der Waals surface area contributed by atoms with Gasteiger partial charge in [0.05, 0.1) is 5.71 Å². The fourth-order valence-electron chi connectivity index (χ4n) is 3.29. The van der Waals surface area contributed by atoms with Crippen molar-refractivity contribution in [1.29, 1.82) is 0 Å². The van der Waals surface area contributed by atoms with Crippen molar-refractivity contribution in [2.24, 2.45) is 11.1 Å². The van der Waals surface area contributed by atoms with Crippen LogP contribution in [0.3, 0.4) is 0 Å². The lowest BCUT2D eigenvalue weighted by molar-refractivity contribution is 0.228. The molecule has 0 amide bonds. The van der Waals surface area contributed by atoms with Crippen molar-refractivity contribution in [2.75, 3.05) is 19.6 Å². The average molecular weight is 290 g/mol. The van der Waals surface area contributed by atoms with Gasteiger partial charge in [0, 0.05) is 42.1 Å². The zero-order valence-corrected chi connectivity index (χ0v) is 12.8. The van der Waals surface area contributed by atoms with Crippen LogP contribution in [0.1, 0.15) is 25.3 Å². The molecule has 0 spiro atoms. The van der Waals surface area contributed by atoms with Crippen molar-refractivity contribution in [3.05, 3.63) is 29.8 Å². The number of piperidine rings is 1. The summed E-state index contributed by atoms with van der Waals surface area (Å²) in [5.74, 6) is 0.433. The summed E-state index contributed by atoms with van der Waals surface area (Å²) in [6, 6.07) is 8.76. The van der Waals surface area contributed by atoms with E-state index >= 15 is 0 Å². The summed E-state index contributed by atoms with van der Waals surface area (Å²) in [5.41, 5.74) is 2.50. The molecular formula is C16H22N2OS. The molecule has 0 aliphatic carbocycles. The van der Waals surface area contributed by atoms with E-state index in [0.717, 1.165) is 38.2 Å². The SMILES string of the molecule is CCC1CN(CC2Cc3ccccc3S2)CC/C1=N\O. The van der Waals surface area contributed by atoms with E-state index in [2.05, 4.69) is 41.2 Å². The van der Waals surface area contributed by atoms with Crippen LogP contribution in [-0.2, 0) is 6.42 Å². The maximum absolute atomic E-state index is 9.05. The van der Waals surface area contributed by atoms with Crippen molar-refractivity contribution < 1.29 is 5.21 Å². The molecule has 3 rings (SSSR count). The van der Waals surface area contributed by atoms with E-state index in [0.29, 0.717) is 11.2 Å². The second-order valence-corrected chi connectivity index (χ2v) is 7.10. The molecule has 0 aromatic heterocycles. The Hall–Kier alpha value is -1.00. The van der Waals surface area contributed by atoms with Crippen LogP contribution in [0.2, 0.25) is 0 Å². The molecule has 2 aliphatic rings. The molecule has 1 fully saturated rings. The lowest BCUT2D eigenvalue weighted by atomic mass is 9.93. The van der Waals surface area contributed by atoms with Gasteiger partial charge in [-0.05, 0) is 24.5 Å².